The summed E-state index contributed by atoms with van der Waals surface area (Å²) in [5, 5.41) is 73.0. The van der Waals surface area contributed by atoms with Crippen LogP contribution in [0.1, 0.15) is 45.1 Å². The highest BCUT2D eigenvalue weighted by Gasteiger charge is 2.49. The first-order valence-electron chi connectivity index (χ1n) is 12.6. The van der Waals surface area contributed by atoms with Crippen LogP contribution in [0.2, 0.25) is 0 Å². The van der Waals surface area contributed by atoms with Gasteiger partial charge in [0.2, 0.25) is 0 Å². The van der Waals surface area contributed by atoms with Gasteiger partial charge in [-0.05, 0) is 12.1 Å². The van der Waals surface area contributed by atoms with Crippen LogP contribution in [0.4, 0.5) is 0 Å². The zero-order valence-electron chi connectivity index (χ0n) is 21.5. The lowest BCUT2D eigenvalue weighted by molar-refractivity contribution is -0.232. The van der Waals surface area contributed by atoms with Gasteiger partial charge in [-0.3, -0.25) is 4.79 Å². The number of rotatable bonds is 6. The average Bonchev–Trinajstić information content (AvgIpc) is 2.94. The highest BCUT2D eigenvalue weighted by molar-refractivity contribution is 6.04. The van der Waals surface area contributed by atoms with Crippen molar-refractivity contribution >= 4 is 5.78 Å². The van der Waals surface area contributed by atoms with Gasteiger partial charge in [0.15, 0.2) is 11.4 Å². The molecule has 0 saturated carbocycles. The molecule has 2 aliphatic rings. The molecule has 0 aliphatic carbocycles. The maximum atomic E-state index is 13.8. The molecule has 212 valence electrons. The summed E-state index contributed by atoms with van der Waals surface area (Å²) in [7, 11) is 1.48. The lowest BCUT2D eigenvalue weighted by Gasteiger charge is -2.42. The Labute approximate surface area is 229 Å². The van der Waals surface area contributed by atoms with E-state index < -0.39 is 65.6 Å². The van der Waals surface area contributed by atoms with E-state index in [9.17, 15) is 40.5 Å². The first-order chi connectivity index (χ1) is 19.1. The fourth-order valence-electron chi connectivity index (χ4n) is 5.46. The summed E-state index contributed by atoms with van der Waals surface area (Å²) in [6, 6.07) is 14.7. The van der Waals surface area contributed by atoms with Crippen LogP contribution in [0.3, 0.4) is 0 Å². The van der Waals surface area contributed by atoms with Gasteiger partial charge in [-0.15, -0.1) is 0 Å². The number of fused-ring (bicyclic) bond motifs is 1. The van der Waals surface area contributed by atoms with E-state index in [4.69, 9.17) is 14.2 Å². The topological polar surface area (TPSA) is 186 Å². The van der Waals surface area contributed by atoms with Crippen LogP contribution in [-0.2, 0) is 21.7 Å². The Morgan fingerprint density at radius 2 is 1.65 bits per heavy atom. The molecular weight excluding hydrogens is 524 g/mol. The molecule has 3 aromatic rings. The molecule has 11 heteroatoms. The average molecular weight is 555 g/mol. The van der Waals surface area contributed by atoms with Crippen molar-refractivity contribution in [1.29, 1.82) is 0 Å². The Kier molecular flexibility index (Phi) is 7.44. The van der Waals surface area contributed by atoms with Crippen LogP contribution in [0.5, 0.6) is 23.0 Å². The Morgan fingerprint density at radius 1 is 0.925 bits per heavy atom. The van der Waals surface area contributed by atoms with Gasteiger partial charge in [-0.1, -0.05) is 36.4 Å². The molecule has 3 aromatic carbocycles. The van der Waals surface area contributed by atoms with E-state index in [-0.39, 0.29) is 30.1 Å². The number of hydrogen-bond donors (Lipinski definition) is 7. The van der Waals surface area contributed by atoms with E-state index in [1.807, 2.05) is 0 Å². The van der Waals surface area contributed by atoms with E-state index in [0.29, 0.717) is 16.7 Å². The van der Waals surface area contributed by atoms with E-state index in [2.05, 4.69) is 0 Å². The summed E-state index contributed by atoms with van der Waals surface area (Å²) in [5.74, 6) is -2.05. The maximum absolute atomic E-state index is 13.8. The number of ketones is 1. The third-order valence-corrected chi connectivity index (χ3v) is 7.52. The van der Waals surface area contributed by atoms with Crippen LogP contribution < -0.4 is 4.74 Å². The van der Waals surface area contributed by atoms with Crippen molar-refractivity contribution in [2.75, 3.05) is 13.7 Å². The SMILES string of the molecule is COCc1cc(C2(c3ccccc3)CC(=O)c3c(cc(O)c([C@@H]4O[C@H](CO)[C@@H](O)[C@H](O)[C@H]4O)c3O)O2)ccc1O. The van der Waals surface area contributed by atoms with Crippen molar-refractivity contribution in [2.45, 2.75) is 49.1 Å². The predicted octanol–water partition coefficient (Wildman–Crippen LogP) is 1.37. The van der Waals surface area contributed by atoms with Gasteiger partial charge in [0.1, 0.15) is 59.1 Å². The Morgan fingerprint density at radius 3 is 2.33 bits per heavy atom. The van der Waals surface area contributed by atoms with E-state index in [0.717, 1.165) is 6.07 Å². The monoisotopic (exact) mass is 554 g/mol. The predicted molar refractivity (Wildman–Crippen MR) is 138 cm³/mol. The smallest absolute Gasteiger partial charge is 0.175 e. The molecule has 2 aliphatic heterocycles. The van der Waals surface area contributed by atoms with Crippen molar-refractivity contribution in [3.63, 3.8) is 0 Å². The van der Waals surface area contributed by atoms with E-state index in [1.165, 1.54) is 13.2 Å². The molecule has 0 aromatic heterocycles. The zero-order valence-corrected chi connectivity index (χ0v) is 21.5. The summed E-state index contributed by atoms with van der Waals surface area (Å²) >= 11 is 0. The summed E-state index contributed by atoms with van der Waals surface area (Å²) in [6.45, 7) is -0.619. The van der Waals surface area contributed by atoms with Crippen LogP contribution >= 0.6 is 0 Å². The van der Waals surface area contributed by atoms with Crippen molar-refractivity contribution in [2.24, 2.45) is 0 Å². The fourth-order valence-corrected chi connectivity index (χ4v) is 5.46. The van der Waals surface area contributed by atoms with Crippen molar-refractivity contribution < 1.29 is 54.8 Å². The molecule has 40 heavy (non-hydrogen) atoms. The number of aliphatic hydroxyl groups is 4. The van der Waals surface area contributed by atoms with Gasteiger partial charge < -0.3 is 50.0 Å². The number of aliphatic hydroxyl groups excluding tert-OH is 4. The van der Waals surface area contributed by atoms with Gasteiger partial charge in [0.25, 0.3) is 0 Å². The van der Waals surface area contributed by atoms with Gasteiger partial charge in [-0.2, -0.15) is 0 Å². The number of phenolic OH excluding ortho intramolecular Hbond substituents is 3. The number of phenols is 3. The molecule has 1 saturated heterocycles. The maximum Gasteiger partial charge on any atom is 0.175 e. The highest BCUT2D eigenvalue weighted by Crippen LogP contribution is 2.52. The molecule has 2 heterocycles. The van der Waals surface area contributed by atoms with E-state index >= 15 is 0 Å². The second-order valence-corrected chi connectivity index (χ2v) is 9.95. The summed E-state index contributed by atoms with van der Waals surface area (Å²) in [6.07, 6.45) is -8.38. The molecule has 0 bridgehead atoms. The van der Waals surface area contributed by atoms with Crippen LogP contribution in [-0.4, -0.2) is 79.7 Å². The van der Waals surface area contributed by atoms with Crippen molar-refractivity contribution in [3.8, 4) is 23.0 Å². The normalized spacial score (nSPS) is 28.1. The minimum absolute atomic E-state index is 0.00388. The Balaban J connectivity index is 1.65. The number of hydrogen-bond acceptors (Lipinski definition) is 11. The van der Waals surface area contributed by atoms with Crippen molar-refractivity contribution in [3.05, 3.63) is 82.4 Å². The molecule has 5 rings (SSSR count). The lowest BCUT2D eigenvalue weighted by Crippen LogP contribution is -2.55. The molecule has 0 spiro atoms. The molecule has 7 N–H and O–H groups in total. The third-order valence-electron chi connectivity index (χ3n) is 7.52. The summed E-state index contributed by atoms with van der Waals surface area (Å²) in [4.78, 5) is 13.8. The standard InChI is InChI=1S/C29H30O11/c1-38-13-14-9-16(7-8-17(14)31)29(15-5-3-2-4-6-15)11-19(33)22-20(40-29)10-18(32)23(25(22)35)28-27(37)26(36)24(34)21(12-30)39-28/h2-10,21,24,26-28,30-32,34-37H,11-13H2,1H3/t21-,24-,26+,27-,28+,29?/m1/s1. The first kappa shape index (κ1) is 27.8. The summed E-state index contributed by atoms with van der Waals surface area (Å²) in [5.41, 5.74) is -0.509. The molecule has 6 atom stereocenters. The third kappa shape index (κ3) is 4.46. The number of aromatic hydroxyl groups is 3. The van der Waals surface area contributed by atoms with E-state index in [1.54, 1.807) is 42.5 Å². The van der Waals surface area contributed by atoms with Crippen LogP contribution in [0.25, 0.3) is 0 Å². The molecule has 0 radical (unpaired) electrons. The summed E-state index contributed by atoms with van der Waals surface area (Å²) < 4.78 is 17.2. The van der Waals surface area contributed by atoms with Crippen molar-refractivity contribution in [1.82, 2.24) is 0 Å². The number of Topliss-reactive ketones (excluding diaryl/α,β-unsaturated/α-hetero) is 1. The molecule has 0 amide bonds. The second-order valence-electron chi connectivity index (χ2n) is 9.95. The molecule has 1 unspecified atom stereocenters. The van der Waals surface area contributed by atoms with Gasteiger partial charge in [-0.25, -0.2) is 0 Å². The fraction of sp³-hybridized carbons (Fsp3) is 0.345. The minimum atomic E-state index is -1.80. The van der Waals surface area contributed by atoms with Crippen LogP contribution in [0.15, 0.2) is 54.6 Å². The first-order valence-corrected chi connectivity index (χ1v) is 12.6. The zero-order chi connectivity index (χ0) is 28.8. The number of ether oxygens (including phenoxy) is 3. The largest absolute Gasteiger partial charge is 0.508 e. The number of methoxy groups -OCH3 is 1. The number of benzene rings is 3. The molecular formula is C29H30O11. The van der Waals surface area contributed by atoms with Gasteiger partial charge in [0, 0.05) is 29.9 Å². The quantitative estimate of drug-likeness (QED) is 0.233. The number of carbonyl (C=O) groups excluding carboxylic acids is 1. The number of carbonyl (C=O) groups is 1. The molecule has 11 nitrogen and oxygen atoms in total. The van der Waals surface area contributed by atoms with Crippen LogP contribution in [0, 0.1) is 0 Å². The second kappa shape index (κ2) is 10.7. The molecule has 1 fully saturated rings. The lowest BCUT2D eigenvalue weighted by atomic mass is 9.77. The van der Waals surface area contributed by atoms with Gasteiger partial charge in [0.05, 0.1) is 25.2 Å². The highest BCUT2D eigenvalue weighted by atomic mass is 16.5. The Hall–Kier alpha value is -3.71. The Bertz CT molecular complexity index is 1410. The minimum Gasteiger partial charge on any atom is -0.508 e. The van der Waals surface area contributed by atoms with Gasteiger partial charge >= 0.3 is 0 Å².